The fraction of sp³-hybridized carbons (Fsp3) is 0.167. The summed E-state index contributed by atoms with van der Waals surface area (Å²) >= 11 is 12.3. The Morgan fingerprint density at radius 3 is 2.24 bits per heavy atom. The van der Waals surface area contributed by atoms with E-state index in [1.807, 2.05) is 0 Å². The number of hydrogen-bond donors (Lipinski definition) is 1. The molecule has 6 nitrogen and oxygen atoms in total. The zero-order valence-electron chi connectivity index (χ0n) is 17.6. The third-order valence-electron chi connectivity index (χ3n) is 5.45. The van der Waals surface area contributed by atoms with Crippen LogP contribution in [0.25, 0.3) is 0 Å². The van der Waals surface area contributed by atoms with Gasteiger partial charge < -0.3 is 5.32 Å². The molecule has 1 fully saturated rings. The standard InChI is InChI=1S/C24H20Cl2N2O4S/c1-28(17-9-10-17)33(31,32)18-11-6-15(7-12-18)24(30)27-22-13-8-16(25)14-20(22)23(29)19-4-2-3-5-21(19)26/h2-8,11-14,17H,9-10H2,1H3,(H,27,30). The van der Waals surface area contributed by atoms with Crippen molar-refractivity contribution in [2.45, 2.75) is 23.8 Å². The van der Waals surface area contributed by atoms with Gasteiger partial charge in [-0.3, -0.25) is 9.59 Å². The highest BCUT2D eigenvalue weighted by Gasteiger charge is 2.35. The minimum absolute atomic E-state index is 0.0388. The van der Waals surface area contributed by atoms with E-state index in [4.69, 9.17) is 23.2 Å². The first kappa shape index (κ1) is 23.4. The molecule has 1 aliphatic carbocycles. The summed E-state index contributed by atoms with van der Waals surface area (Å²) in [6, 6.07) is 16.9. The number of carbonyl (C=O) groups is 2. The van der Waals surface area contributed by atoms with Crippen molar-refractivity contribution in [1.82, 2.24) is 4.31 Å². The van der Waals surface area contributed by atoms with Crippen LogP contribution < -0.4 is 5.32 Å². The van der Waals surface area contributed by atoms with Crippen LogP contribution in [-0.2, 0) is 10.0 Å². The fourth-order valence-electron chi connectivity index (χ4n) is 3.38. The quantitative estimate of drug-likeness (QED) is 0.446. The minimum atomic E-state index is -3.60. The van der Waals surface area contributed by atoms with E-state index in [2.05, 4.69) is 5.32 Å². The predicted octanol–water partition coefficient (Wildman–Crippen LogP) is 5.26. The van der Waals surface area contributed by atoms with Gasteiger partial charge in [0.05, 0.1) is 15.6 Å². The molecule has 33 heavy (non-hydrogen) atoms. The molecule has 0 spiro atoms. The van der Waals surface area contributed by atoms with E-state index in [9.17, 15) is 18.0 Å². The molecule has 0 bridgehead atoms. The van der Waals surface area contributed by atoms with Crippen LogP contribution in [0.2, 0.25) is 10.0 Å². The Morgan fingerprint density at radius 1 is 0.939 bits per heavy atom. The summed E-state index contributed by atoms with van der Waals surface area (Å²) in [6.45, 7) is 0. The lowest BCUT2D eigenvalue weighted by atomic mass is 10.0. The van der Waals surface area contributed by atoms with Crippen molar-refractivity contribution in [2.24, 2.45) is 0 Å². The second-order valence-corrected chi connectivity index (χ2v) is 10.6. The number of anilines is 1. The van der Waals surface area contributed by atoms with Gasteiger partial charge in [-0.05, 0) is 67.4 Å². The summed E-state index contributed by atoms with van der Waals surface area (Å²) in [7, 11) is -2.04. The van der Waals surface area contributed by atoms with E-state index in [0.29, 0.717) is 5.02 Å². The largest absolute Gasteiger partial charge is 0.321 e. The molecule has 3 aromatic carbocycles. The van der Waals surface area contributed by atoms with Crippen LogP contribution >= 0.6 is 23.2 Å². The zero-order chi connectivity index (χ0) is 23.8. The van der Waals surface area contributed by atoms with Crippen molar-refractivity contribution >= 4 is 50.6 Å². The van der Waals surface area contributed by atoms with Gasteiger partial charge in [0.25, 0.3) is 5.91 Å². The number of amides is 1. The highest BCUT2D eigenvalue weighted by Crippen LogP contribution is 2.31. The Morgan fingerprint density at radius 2 is 1.61 bits per heavy atom. The molecule has 1 N–H and O–H groups in total. The van der Waals surface area contributed by atoms with Gasteiger partial charge in [0, 0.05) is 34.8 Å². The van der Waals surface area contributed by atoms with Gasteiger partial charge in [0.15, 0.2) is 5.78 Å². The van der Waals surface area contributed by atoms with Crippen LogP contribution in [0.3, 0.4) is 0 Å². The SMILES string of the molecule is CN(C1CC1)S(=O)(=O)c1ccc(C(=O)Nc2ccc(Cl)cc2C(=O)c2ccccc2Cl)cc1. The van der Waals surface area contributed by atoms with Gasteiger partial charge in [-0.15, -0.1) is 0 Å². The topological polar surface area (TPSA) is 83.6 Å². The second-order valence-electron chi connectivity index (χ2n) is 7.73. The molecular formula is C24H20Cl2N2O4S. The molecule has 0 atom stereocenters. The first-order chi connectivity index (χ1) is 15.7. The maximum Gasteiger partial charge on any atom is 0.255 e. The van der Waals surface area contributed by atoms with E-state index in [0.717, 1.165) is 12.8 Å². The van der Waals surface area contributed by atoms with Crippen molar-refractivity contribution in [3.63, 3.8) is 0 Å². The third kappa shape index (κ3) is 4.96. The van der Waals surface area contributed by atoms with Crippen LogP contribution in [0.15, 0.2) is 71.6 Å². The molecule has 170 valence electrons. The van der Waals surface area contributed by atoms with Gasteiger partial charge in [0.2, 0.25) is 10.0 Å². The van der Waals surface area contributed by atoms with Gasteiger partial charge >= 0.3 is 0 Å². The third-order valence-corrected chi connectivity index (χ3v) is 7.94. The lowest BCUT2D eigenvalue weighted by Crippen LogP contribution is -2.29. The van der Waals surface area contributed by atoms with Gasteiger partial charge in [-0.25, -0.2) is 8.42 Å². The van der Waals surface area contributed by atoms with Crippen molar-refractivity contribution in [3.8, 4) is 0 Å². The van der Waals surface area contributed by atoms with Gasteiger partial charge in [-0.1, -0.05) is 35.3 Å². The molecule has 0 radical (unpaired) electrons. The molecule has 0 aromatic heterocycles. The summed E-state index contributed by atoms with van der Waals surface area (Å²) in [5.74, 6) is -0.881. The molecule has 1 amide bonds. The molecule has 1 saturated carbocycles. The Balaban J connectivity index is 1.58. The number of hydrogen-bond acceptors (Lipinski definition) is 4. The maximum atomic E-state index is 13.1. The summed E-state index contributed by atoms with van der Waals surface area (Å²) in [5.41, 5.74) is 0.981. The van der Waals surface area contributed by atoms with Crippen LogP contribution in [0, 0.1) is 0 Å². The summed E-state index contributed by atoms with van der Waals surface area (Å²) in [4.78, 5) is 26.0. The summed E-state index contributed by atoms with van der Waals surface area (Å²) in [6.07, 6.45) is 1.71. The first-order valence-corrected chi connectivity index (χ1v) is 12.4. The maximum absolute atomic E-state index is 13.1. The number of carbonyl (C=O) groups excluding carboxylic acids is 2. The average Bonchev–Trinajstić information content (AvgIpc) is 3.65. The molecule has 0 heterocycles. The Hall–Kier alpha value is -2.71. The van der Waals surface area contributed by atoms with E-state index >= 15 is 0 Å². The Labute approximate surface area is 202 Å². The highest BCUT2D eigenvalue weighted by molar-refractivity contribution is 7.89. The van der Waals surface area contributed by atoms with E-state index in [1.165, 1.54) is 40.7 Å². The number of ketones is 1. The van der Waals surface area contributed by atoms with Crippen molar-refractivity contribution in [3.05, 3.63) is 93.5 Å². The Bertz CT molecular complexity index is 1340. The van der Waals surface area contributed by atoms with Crippen LogP contribution in [0.4, 0.5) is 5.69 Å². The smallest absolute Gasteiger partial charge is 0.255 e. The second kappa shape index (κ2) is 9.27. The molecule has 9 heteroatoms. The monoisotopic (exact) mass is 502 g/mol. The van der Waals surface area contributed by atoms with Crippen LogP contribution in [-0.4, -0.2) is 37.5 Å². The number of nitrogens with zero attached hydrogens (tertiary/aromatic N) is 1. The molecule has 0 aliphatic heterocycles. The highest BCUT2D eigenvalue weighted by atomic mass is 35.5. The zero-order valence-corrected chi connectivity index (χ0v) is 19.9. The number of benzene rings is 3. The van der Waals surface area contributed by atoms with E-state index in [-0.39, 0.29) is 44.1 Å². The van der Waals surface area contributed by atoms with Gasteiger partial charge in [-0.2, -0.15) is 4.31 Å². The lowest BCUT2D eigenvalue weighted by Gasteiger charge is -2.16. The normalized spacial score (nSPS) is 13.7. The molecular weight excluding hydrogens is 483 g/mol. The summed E-state index contributed by atoms with van der Waals surface area (Å²) in [5, 5.41) is 3.33. The number of halogens is 2. The fourth-order valence-corrected chi connectivity index (χ4v) is 5.19. The van der Waals surface area contributed by atoms with Crippen LogP contribution in [0.5, 0.6) is 0 Å². The Kier molecular flexibility index (Phi) is 6.59. The molecule has 4 rings (SSSR count). The van der Waals surface area contributed by atoms with Crippen molar-refractivity contribution in [1.29, 1.82) is 0 Å². The summed E-state index contributed by atoms with van der Waals surface area (Å²) < 4.78 is 26.7. The lowest BCUT2D eigenvalue weighted by molar-refractivity contribution is 0.102. The molecule has 0 unspecified atom stereocenters. The number of rotatable bonds is 7. The van der Waals surface area contributed by atoms with E-state index in [1.54, 1.807) is 37.4 Å². The number of sulfonamides is 1. The average molecular weight is 503 g/mol. The minimum Gasteiger partial charge on any atom is -0.321 e. The number of nitrogens with one attached hydrogen (secondary N) is 1. The van der Waals surface area contributed by atoms with Gasteiger partial charge in [0.1, 0.15) is 0 Å². The molecule has 0 saturated heterocycles. The van der Waals surface area contributed by atoms with Crippen molar-refractivity contribution < 1.29 is 18.0 Å². The van der Waals surface area contributed by atoms with Crippen LogP contribution in [0.1, 0.15) is 39.1 Å². The predicted molar refractivity (Wildman–Crippen MR) is 129 cm³/mol. The van der Waals surface area contributed by atoms with Crippen molar-refractivity contribution in [2.75, 3.05) is 12.4 Å². The van der Waals surface area contributed by atoms with E-state index < -0.39 is 15.9 Å². The molecule has 3 aromatic rings. The first-order valence-electron chi connectivity index (χ1n) is 10.2. The molecule has 1 aliphatic rings.